The lowest BCUT2D eigenvalue weighted by Gasteiger charge is -2.37. The average molecular weight is 499 g/mol. The summed E-state index contributed by atoms with van der Waals surface area (Å²) in [6, 6.07) is 14.0. The van der Waals surface area contributed by atoms with Gasteiger partial charge < -0.3 is 9.47 Å². The minimum absolute atomic E-state index is 0.0174. The van der Waals surface area contributed by atoms with E-state index in [1.807, 2.05) is 18.2 Å². The summed E-state index contributed by atoms with van der Waals surface area (Å²) in [6.07, 6.45) is 3.27. The van der Waals surface area contributed by atoms with Crippen molar-refractivity contribution in [3.8, 4) is 5.75 Å². The highest BCUT2D eigenvalue weighted by Gasteiger charge is 2.34. The number of anilines is 1. The van der Waals surface area contributed by atoms with E-state index in [0.717, 1.165) is 12.8 Å². The molecule has 0 bridgehead atoms. The van der Waals surface area contributed by atoms with E-state index >= 15 is 0 Å². The predicted octanol–water partition coefficient (Wildman–Crippen LogP) is 6.13. The molecule has 2 aliphatic rings. The number of nitrogens with one attached hydrogen (secondary N) is 1. The van der Waals surface area contributed by atoms with Gasteiger partial charge in [-0.1, -0.05) is 65.3 Å². The van der Waals surface area contributed by atoms with Crippen molar-refractivity contribution in [1.29, 1.82) is 0 Å². The van der Waals surface area contributed by atoms with Crippen molar-refractivity contribution in [2.75, 3.05) is 11.3 Å². The minimum Gasteiger partial charge on any atom is -0.488 e. The first-order chi connectivity index (χ1) is 16.7. The SMILES string of the molecule is CC(C)C1COC(c2cccc(O[C@H]3C[C@@H](C)CC[C@@H]3C(C)C)c2NS(=O)(=O)c2ccccc2)=N1. The lowest BCUT2D eigenvalue weighted by atomic mass is 9.75. The largest absolute Gasteiger partial charge is 0.488 e. The zero-order chi connectivity index (χ0) is 25.2. The molecule has 4 atom stereocenters. The Labute approximate surface area is 210 Å². The van der Waals surface area contributed by atoms with E-state index in [-0.39, 0.29) is 17.0 Å². The Kier molecular flexibility index (Phi) is 7.74. The van der Waals surface area contributed by atoms with Gasteiger partial charge >= 0.3 is 0 Å². The van der Waals surface area contributed by atoms with Crippen LogP contribution in [0.15, 0.2) is 58.4 Å². The molecule has 1 saturated carbocycles. The summed E-state index contributed by atoms with van der Waals surface area (Å²) < 4.78 is 42.2. The summed E-state index contributed by atoms with van der Waals surface area (Å²) in [5, 5.41) is 0. The zero-order valence-electron chi connectivity index (χ0n) is 21.4. The number of aliphatic imine (C=N–C) groups is 1. The second kappa shape index (κ2) is 10.6. The molecule has 0 saturated heterocycles. The standard InChI is InChI=1S/C28H38N2O4S/c1-18(2)22-15-14-20(5)16-26(22)34-25-13-9-12-23(28-29-24(17-33-28)19(3)4)27(25)30-35(31,32)21-10-7-6-8-11-21/h6-13,18-20,22,24,26,30H,14-17H2,1-5H3/t20-,22+,24?,26-/m0/s1. The first-order valence-corrected chi connectivity index (χ1v) is 14.2. The molecular weight excluding hydrogens is 460 g/mol. The van der Waals surface area contributed by atoms with E-state index in [2.05, 4.69) is 39.3 Å². The minimum atomic E-state index is -3.84. The molecule has 1 N–H and O–H groups in total. The molecule has 7 heteroatoms. The van der Waals surface area contributed by atoms with Crippen LogP contribution in [0.2, 0.25) is 0 Å². The van der Waals surface area contributed by atoms with Crippen LogP contribution in [0, 0.1) is 23.7 Å². The molecule has 0 amide bonds. The summed E-state index contributed by atoms with van der Waals surface area (Å²) in [5.41, 5.74) is 0.996. The molecule has 2 aromatic carbocycles. The number of benzene rings is 2. The molecule has 0 spiro atoms. The van der Waals surface area contributed by atoms with E-state index in [0.29, 0.717) is 53.2 Å². The van der Waals surface area contributed by atoms with Gasteiger partial charge in [0, 0.05) is 0 Å². The molecular formula is C28H38N2O4S. The van der Waals surface area contributed by atoms with Gasteiger partial charge in [-0.2, -0.15) is 0 Å². The fraction of sp³-hybridized carbons (Fsp3) is 0.536. The normalized spacial score (nSPS) is 24.8. The first kappa shape index (κ1) is 25.5. The first-order valence-electron chi connectivity index (χ1n) is 12.7. The molecule has 1 aliphatic carbocycles. The van der Waals surface area contributed by atoms with Gasteiger partial charge in [-0.25, -0.2) is 13.4 Å². The Hall–Kier alpha value is -2.54. The number of sulfonamides is 1. The predicted molar refractivity (Wildman–Crippen MR) is 141 cm³/mol. The van der Waals surface area contributed by atoms with Gasteiger partial charge in [-0.3, -0.25) is 4.72 Å². The second-order valence-corrected chi connectivity index (χ2v) is 12.3. The average Bonchev–Trinajstić information content (AvgIpc) is 3.31. The molecule has 0 aromatic heterocycles. The Morgan fingerprint density at radius 3 is 2.40 bits per heavy atom. The summed E-state index contributed by atoms with van der Waals surface area (Å²) in [7, 11) is -3.84. The van der Waals surface area contributed by atoms with Gasteiger partial charge in [0.15, 0.2) is 0 Å². The molecule has 2 aromatic rings. The number of hydrogen-bond donors (Lipinski definition) is 1. The van der Waals surface area contributed by atoms with Crippen LogP contribution in [0.25, 0.3) is 0 Å². The second-order valence-electron chi connectivity index (χ2n) is 10.6. The van der Waals surface area contributed by atoms with Crippen LogP contribution in [-0.2, 0) is 14.8 Å². The monoisotopic (exact) mass is 498 g/mol. The van der Waals surface area contributed by atoms with Crippen molar-refractivity contribution in [3.63, 3.8) is 0 Å². The zero-order valence-corrected chi connectivity index (χ0v) is 22.2. The Bertz CT molecular complexity index is 1140. The molecule has 1 unspecified atom stereocenters. The fourth-order valence-electron chi connectivity index (χ4n) is 5.00. The summed E-state index contributed by atoms with van der Waals surface area (Å²) >= 11 is 0. The van der Waals surface area contributed by atoms with Crippen molar-refractivity contribution in [1.82, 2.24) is 0 Å². The van der Waals surface area contributed by atoms with Crippen molar-refractivity contribution >= 4 is 21.6 Å². The molecule has 4 rings (SSSR count). The van der Waals surface area contributed by atoms with E-state index in [1.165, 1.54) is 6.42 Å². The third-order valence-electron chi connectivity index (χ3n) is 7.23. The topological polar surface area (TPSA) is 77.0 Å². The maximum Gasteiger partial charge on any atom is 0.262 e. The molecule has 35 heavy (non-hydrogen) atoms. The van der Waals surface area contributed by atoms with Gasteiger partial charge in [0.25, 0.3) is 10.0 Å². The Morgan fingerprint density at radius 1 is 1.00 bits per heavy atom. The summed E-state index contributed by atoms with van der Waals surface area (Å²) in [5.74, 6) is 2.76. The number of hydrogen-bond acceptors (Lipinski definition) is 5. The molecule has 190 valence electrons. The third-order valence-corrected chi connectivity index (χ3v) is 8.60. The Morgan fingerprint density at radius 2 is 1.74 bits per heavy atom. The highest BCUT2D eigenvalue weighted by molar-refractivity contribution is 7.92. The number of para-hydroxylation sites is 1. The molecule has 6 nitrogen and oxygen atoms in total. The van der Waals surface area contributed by atoms with Gasteiger partial charge in [0.2, 0.25) is 5.90 Å². The maximum atomic E-state index is 13.4. The number of ether oxygens (including phenoxy) is 2. The fourth-order valence-corrected chi connectivity index (χ4v) is 6.11. The molecule has 1 fully saturated rings. The lowest BCUT2D eigenvalue weighted by molar-refractivity contribution is 0.0465. The third kappa shape index (κ3) is 5.83. The van der Waals surface area contributed by atoms with Crippen LogP contribution >= 0.6 is 0 Å². The van der Waals surface area contributed by atoms with Crippen LogP contribution in [-0.4, -0.2) is 33.1 Å². The quantitative estimate of drug-likeness (QED) is 0.475. The number of rotatable bonds is 8. The maximum absolute atomic E-state index is 13.4. The van der Waals surface area contributed by atoms with Crippen molar-refractivity contribution in [2.45, 2.75) is 70.9 Å². The van der Waals surface area contributed by atoms with Crippen molar-refractivity contribution in [2.24, 2.45) is 28.7 Å². The highest BCUT2D eigenvalue weighted by Crippen LogP contribution is 2.40. The van der Waals surface area contributed by atoms with E-state index in [4.69, 9.17) is 14.5 Å². The van der Waals surface area contributed by atoms with E-state index in [9.17, 15) is 8.42 Å². The molecule has 1 aliphatic heterocycles. The van der Waals surface area contributed by atoms with Crippen molar-refractivity contribution < 1.29 is 17.9 Å². The lowest BCUT2D eigenvalue weighted by Crippen LogP contribution is -2.36. The van der Waals surface area contributed by atoms with E-state index in [1.54, 1.807) is 30.3 Å². The Balaban J connectivity index is 1.76. The molecule has 0 radical (unpaired) electrons. The summed E-state index contributed by atoms with van der Waals surface area (Å²) in [6.45, 7) is 11.4. The van der Waals surface area contributed by atoms with Gasteiger partial charge in [-0.05, 0) is 60.8 Å². The number of nitrogens with zero attached hydrogens (tertiary/aromatic N) is 1. The van der Waals surface area contributed by atoms with E-state index < -0.39 is 10.0 Å². The molecule has 1 heterocycles. The summed E-state index contributed by atoms with van der Waals surface area (Å²) in [4.78, 5) is 4.96. The van der Waals surface area contributed by atoms with Crippen LogP contribution in [0.4, 0.5) is 5.69 Å². The van der Waals surface area contributed by atoms with Crippen LogP contribution in [0.1, 0.15) is 59.4 Å². The smallest absolute Gasteiger partial charge is 0.262 e. The van der Waals surface area contributed by atoms with Crippen molar-refractivity contribution in [3.05, 3.63) is 54.1 Å². The van der Waals surface area contributed by atoms with Crippen LogP contribution < -0.4 is 9.46 Å². The highest BCUT2D eigenvalue weighted by atomic mass is 32.2. The van der Waals surface area contributed by atoms with Crippen LogP contribution in [0.3, 0.4) is 0 Å². The van der Waals surface area contributed by atoms with Gasteiger partial charge in [0.1, 0.15) is 24.1 Å². The van der Waals surface area contributed by atoms with Gasteiger partial charge in [-0.15, -0.1) is 0 Å². The van der Waals surface area contributed by atoms with Crippen LogP contribution in [0.5, 0.6) is 5.75 Å². The van der Waals surface area contributed by atoms with Gasteiger partial charge in [0.05, 0.1) is 16.5 Å².